The highest BCUT2D eigenvalue weighted by molar-refractivity contribution is 9.10. The van der Waals surface area contributed by atoms with Crippen molar-refractivity contribution in [1.82, 2.24) is 10.2 Å². The van der Waals surface area contributed by atoms with Gasteiger partial charge in [-0.1, -0.05) is 28.1 Å². The lowest BCUT2D eigenvalue weighted by Crippen LogP contribution is -2.44. The van der Waals surface area contributed by atoms with Crippen molar-refractivity contribution in [2.45, 2.75) is 25.8 Å². The Bertz CT molecular complexity index is 525. The van der Waals surface area contributed by atoms with Crippen molar-refractivity contribution >= 4 is 27.7 Å². The minimum absolute atomic E-state index is 0.00736. The first kappa shape index (κ1) is 17.0. The maximum Gasteiger partial charge on any atom is 0.234 e. The van der Waals surface area contributed by atoms with Crippen LogP contribution in [0.2, 0.25) is 0 Å². The number of nitrogens with one attached hydrogen (secondary N) is 1. The van der Waals surface area contributed by atoms with Crippen molar-refractivity contribution in [1.29, 1.82) is 0 Å². The Hall–Kier alpha value is -1.40. The Morgan fingerprint density at radius 2 is 1.91 bits per heavy atom. The molecule has 6 heteroatoms. The third-order valence-corrected chi connectivity index (χ3v) is 4.63. The molecule has 1 saturated heterocycles. The fraction of sp³-hybridized carbons (Fsp3) is 0.500. The molecule has 1 aromatic rings. The van der Waals surface area contributed by atoms with Crippen LogP contribution in [0.1, 0.15) is 31.4 Å². The highest BCUT2D eigenvalue weighted by atomic mass is 79.9. The highest BCUT2D eigenvalue weighted by Gasteiger charge is 2.24. The van der Waals surface area contributed by atoms with Crippen LogP contribution in [-0.2, 0) is 9.59 Å². The molecule has 0 radical (unpaired) electrons. The highest BCUT2D eigenvalue weighted by Crippen LogP contribution is 2.18. The largest absolute Gasteiger partial charge is 0.369 e. The van der Waals surface area contributed by atoms with E-state index in [1.165, 1.54) is 0 Å². The number of primary amides is 1. The number of benzene rings is 1. The molecule has 1 heterocycles. The van der Waals surface area contributed by atoms with Gasteiger partial charge >= 0.3 is 0 Å². The molecule has 1 aliphatic heterocycles. The summed E-state index contributed by atoms with van der Waals surface area (Å²) in [6.45, 7) is 3.83. The number of nitrogens with zero attached hydrogens (tertiary/aromatic N) is 1. The van der Waals surface area contributed by atoms with Crippen LogP contribution in [0.5, 0.6) is 0 Å². The standard InChI is InChI=1S/C16H22BrN3O2/c1-11(12-2-4-14(17)5-3-12)19-15(21)10-20-8-6-13(7-9-20)16(18)22/h2-5,11,13H,6-10H2,1H3,(H2,18,22)(H,19,21)/t11-/m0/s1. The van der Waals surface area contributed by atoms with Gasteiger partial charge in [0, 0.05) is 10.4 Å². The number of carbonyl (C=O) groups is 2. The van der Waals surface area contributed by atoms with Crippen molar-refractivity contribution in [3.05, 3.63) is 34.3 Å². The van der Waals surface area contributed by atoms with Crippen molar-refractivity contribution in [3.8, 4) is 0 Å². The van der Waals surface area contributed by atoms with E-state index in [4.69, 9.17) is 5.73 Å². The minimum Gasteiger partial charge on any atom is -0.369 e. The zero-order valence-corrected chi connectivity index (χ0v) is 14.3. The quantitative estimate of drug-likeness (QED) is 0.833. The number of halogens is 1. The number of carbonyl (C=O) groups excluding carboxylic acids is 2. The first-order chi connectivity index (χ1) is 10.5. The third kappa shape index (κ3) is 4.81. The van der Waals surface area contributed by atoms with E-state index >= 15 is 0 Å². The monoisotopic (exact) mass is 367 g/mol. The van der Waals surface area contributed by atoms with Crippen LogP contribution < -0.4 is 11.1 Å². The van der Waals surface area contributed by atoms with Gasteiger partial charge in [-0.3, -0.25) is 14.5 Å². The number of likely N-dealkylation sites (tertiary alicyclic amines) is 1. The molecular formula is C16H22BrN3O2. The predicted octanol–water partition coefficient (Wildman–Crippen LogP) is 1.82. The molecule has 1 aliphatic rings. The SMILES string of the molecule is C[C@H](NC(=O)CN1CCC(C(N)=O)CC1)c1ccc(Br)cc1. The molecule has 3 N–H and O–H groups in total. The molecule has 5 nitrogen and oxygen atoms in total. The lowest BCUT2D eigenvalue weighted by atomic mass is 9.96. The Labute approximate surface area is 139 Å². The summed E-state index contributed by atoms with van der Waals surface area (Å²) in [6.07, 6.45) is 1.48. The molecular weight excluding hydrogens is 346 g/mol. The summed E-state index contributed by atoms with van der Waals surface area (Å²) in [6, 6.07) is 7.89. The van der Waals surface area contributed by atoms with E-state index in [0.29, 0.717) is 6.54 Å². The van der Waals surface area contributed by atoms with Crippen LogP contribution >= 0.6 is 15.9 Å². The molecule has 2 amide bonds. The van der Waals surface area contributed by atoms with E-state index < -0.39 is 0 Å². The second-order valence-electron chi connectivity index (χ2n) is 5.79. The first-order valence-corrected chi connectivity index (χ1v) is 8.31. The molecule has 0 spiro atoms. The fourth-order valence-electron chi connectivity index (χ4n) is 2.70. The van der Waals surface area contributed by atoms with Crippen molar-refractivity contribution in [2.24, 2.45) is 11.7 Å². The van der Waals surface area contributed by atoms with Crippen LogP contribution in [0.4, 0.5) is 0 Å². The molecule has 22 heavy (non-hydrogen) atoms. The van der Waals surface area contributed by atoms with Crippen molar-refractivity contribution in [3.63, 3.8) is 0 Å². The third-order valence-electron chi connectivity index (χ3n) is 4.10. The van der Waals surface area contributed by atoms with Crippen LogP contribution in [-0.4, -0.2) is 36.3 Å². The summed E-state index contributed by atoms with van der Waals surface area (Å²) in [5.74, 6) is -0.262. The molecule has 0 aliphatic carbocycles. The summed E-state index contributed by atoms with van der Waals surface area (Å²) < 4.78 is 1.02. The van der Waals surface area contributed by atoms with Crippen LogP contribution in [0.15, 0.2) is 28.7 Å². The minimum atomic E-state index is -0.229. The van der Waals surface area contributed by atoms with Gasteiger partial charge in [0.25, 0.3) is 0 Å². The Balaban J connectivity index is 1.78. The van der Waals surface area contributed by atoms with Gasteiger partial charge in [-0.25, -0.2) is 0 Å². The van der Waals surface area contributed by atoms with Gasteiger partial charge in [0.05, 0.1) is 12.6 Å². The fourth-order valence-corrected chi connectivity index (χ4v) is 2.96. The van der Waals surface area contributed by atoms with Gasteiger partial charge in [0.1, 0.15) is 0 Å². The van der Waals surface area contributed by atoms with Gasteiger partial charge < -0.3 is 11.1 Å². The molecule has 0 saturated carbocycles. The number of rotatable bonds is 5. The van der Waals surface area contributed by atoms with Gasteiger partial charge in [-0.05, 0) is 50.6 Å². The topological polar surface area (TPSA) is 75.4 Å². The van der Waals surface area contributed by atoms with Gasteiger partial charge in [-0.15, -0.1) is 0 Å². The number of hydrogen-bond acceptors (Lipinski definition) is 3. The normalized spacial score (nSPS) is 17.9. The molecule has 1 fully saturated rings. The maximum absolute atomic E-state index is 12.1. The van der Waals surface area contributed by atoms with E-state index in [1.54, 1.807) is 0 Å². The van der Waals surface area contributed by atoms with E-state index in [0.717, 1.165) is 36.0 Å². The van der Waals surface area contributed by atoms with E-state index in [2.05, 4.69) is 26.1 Å². The number of piperidine rings is 1. The van der Waals surface area contributed by atoms with Gasteiger partial charge in [0.15, 0.2) is 0 Å². The molecule has 0 aromatic heterocycles. The molecule has 120 valence electrons. The molecule has 0 bridgehead atoms. The van der Waals surface area contributed by atoms with Gasteiger partial charge in [-0.2, -0.15) is 0 Å². The Kier molecular flexibility index (Phi) is 5.97. The second kappa shape index (κ2) is 7.74. The summed E-state index contributed by atoms with van der Waals surface area (Å²) in [5.41, 5.74) is 6.39. The summed E-state index contributed by atoms with van der Waals surface area (Å²) >= 11 is 3.40. The van der Waals surface area contributed by atoms with Crippen LogP contribution in [0, 0.1) is 5.92 Å². The summed E-state index contributed by atoms with van der Waals surface area (Å²) in [5, 5.41) is 3.01. The van der Waals surface area contributed by atoms with E-state index in [1.807, 2.05) is 31.2 Å². The lowest BCUT2D eigenvalue weighted by molar-refractivity contribution is -0.124. The Morgan fingerprint density at radius 3 is 2.45 bits per heavy atom. The smallest absolute Gasteiger partial charge is 0.234 e. The average Bonchev–Trinajstić information content (AvgIpc) is 2.48. The summed E-state index contributed by atoms with van der Waals surface area (Å²) in [4.78, 5) is 25.3. The molecule has 1 atom stereocenters. The van der Waals surface area contributed by atoms with E-state index in [9.17, 15) is 9.59 Å². The Morgan fingerprint density at radius 1 is 1.32 bits per heavy atom. The van der Waals surface area contributed by atoms with Crippen LogP contribution in [0.25, 0.3) is 0 Å². The molecule has 0 unspecified atom stereocenters. The number of amides is 2. The summed E-state index contributed by atoms with van der Waals surface area (Å²) in [7, 11) is 0. The van der Waals surface area contributed by atoms with E-state index in [-0.39, 0.29) is 23.8 Å². The van der Waals surface area contributed by atoms with Crippen molar-refractivity contribution in [2.75, 3.05) is 19.6 Å². The first-order valence-electron chi connectivity index (χ1n) is 7.52. The molecule has 1 aromatic carbocycles. The average molecular weight is 368 g/mol. The van der Waals surface area contributed by atoms with Crippen LogP contribution in [0.3, 0.4) is 0 Å². The maximum atomic E-state index is 12.1. The number of nitrogens with two attached hydrogens (primary N) is 1. The predicted molar refractivity (Wildman–Crippen MR) is 89.1 cm³/mol. The zero-order valence-electron chi connectivity index (χ0n) is 12.7. The second-order valence-corrected chi connectivity index (χ2v) is 6.71. The van der Waals surface area contributed by atoms with Crippen molar-refractivity contribution < 1.29 is 9.59 Å². The number of hydrogen-bond donors (Lipinski definition) is 2. The lowest BCUT2D eigenvalue weighted by Gasteiger charge is -2.30. The van der Waals surface area contributed by atoms with Gasteiger partial charge in [0.2, 0.25) is 11.8 Å². The zero-order chi connectivity index (χ0) is 16.1. The molecule has 2 rings (SSSR count).